The van der Waals surface area contributed by atoms with Crippen LogP contribution >= 0.6 is 23.2 Å². The molecule has 2 aromatic heterocycles. The average molecular weight is 295 g/mol. The van der Waals surface area contributed by atoms with Crippen LogP contribution in [0.4, 0.5) is 11.5 Å². The van der Waals surface area contributed by atoms with E-state index in [-0.39, 0.29) is 0 Å². The normalized spacial score (nSPS) is 11.1. The number of aromatic amines is 1. The molecule has 3 aromatic rings. The largest absolute Gasteiger partial charge is 0.396 e. The van der Waals surface area contributed by atoms with Gasteiger partial charge in [-0.1, -0.05) is 23.2 Å². The van der Waals surface area contributed by atoms with Crippen LogP contribution in [-0.4, -0.2) is 19.9 Å². The van der Waals surface area contributed by atoms with Gasteiger partial charge < -0.3 is 16.5 Å². The average Bonchev–Trinajstić information content (AvgIpc) is 2.81. The third-order valence-corrected chi connectivity index (χ3v) is 3.30. The number of nitrogen functional groups attached to an aromatic ring is 2. The van der Waals surface area contributed by atoms with Crippen LogP contribution in [0.15, 0.2) is 18.5 Å². The van der Waals surface area contributed by atoms with Crippen LogP contribution < -0.4 is 11.5 Å². The van der Waals surface area contributed by atoms with E-state index >= 15 is 0 Å². The number of benzene rings is 1. The van der Waals surface area contributed by atoms with Gasteiger partial charge in [0.25, 0.3) is 0 Å². The zero-order chi connectivity index (χ0) is 13.6. The van der Waals surface area contributed by atoms with Crippen LogP contribution in [0.2, 0.25) is 10.0 Å². The molecule has 19 heavy (non-hydrogen) atoms. The maximum Gasteiger partial charge on any atom is 0.183 e. The van der Waals surface area contributed by atoms with Gasteiger partial charge in [-0.25, -0.2) is 15.0 Å². The summed E-state index contributed by atoms with van der Waals surface area (Å²) in [6.07, 6.45) is 1.35. The van der Waals surface area contributed by atoms with E-state index in [0.29, 0.717) is 44.1 Å². The van der Waals surface area contributed by atoms with Crippen molar-refractivity contribution in [2.24, 2.45) is 0 Å². The van der Waals surface area contributed by atoms with Crippen molar-refractivity contribution in [3.63, 3.8) is 0 Å². The number of imidazole rings is 1. The summed E-state index contributed by atoms with van der Waals surface area (Å²) in [5.74, 6) is 0.877. The molecular formula is C11H8Cl2N6. The molecule has 0 amide bonds. The second kappa shape index (κ2) is 4.25. The van der Waals surface area contributed by atoms with Gasteiger partial charge in [-0.2, -0.15) is 0 Å². The lowest BCUT2D eigenvalue weighted by Crippen LogP contribution is -1.91. The van der Waals surface area contributed by atoms with Crippen LogP contribution in [0.1, 0.15) is 0 Å². The molecule has 0 aliphatic rings. The smallest absolute Gasteiger partial charge is 0.183 e. The zero-order valence-electron chi connectivity index (χ0n) is 9.48. The minimum atomic E-state index is 0.330. The van der Waals surface area contributed by atoms with Crippen molar-refractivity contribution in [2.45, 2.75) is 0 Å². The molecule has 0 fully saturated rings. The Morgan fingerprint density at radius 2 is 1.74 bits per heavy atom. The van der Waals surface area contributed by atoms with Crippen LogP contribution in [0.5, 0.6) is 0 Å². The number of fused-ring (bicyclic) bond motifs is 1. The Bertz CT molecular complexity index is 759. The predicted molar refractivity (Wildman–Crippen MR) is 76.0 cm³/mol. The van der Waals surface area contributed by atoms with E-state index in [9.17, 15) is 0 Å². The molecular weight excluding hydrogens is 287 g/mol. The third-order valence-electron chi connectivity index (χ3n) is 2.67. The van der Waals surface area contributed by atoms with Gasteiger partial charge in [-0.15, -0.1) is 0 Å². The predicted octanol–water partition coefficient (Wildman–Crippen LogP) is 2.49. The van der Waals surface area contributed by atoms with E-state index in [2.05, 4.69) is 19.9 Å². The molecule has 2 heterocycles. The second-order valence-electron chi connectivity index (χ2n) is 3.90. The summed E-state index contributed by atoms with van der Waals surface area (Å²) in [7, 11) is 0. The fourth-order valence-corrected chi connectivity index (χ4v) is 2.19. The molecule has 3 rings (SSSR count). The molecule has 0 radical (unpaired) electrons. The second-order valence-corrected chi connectivity index (χ2v) is 4.71. The number of hydrogen-bond donors (Lipinski definition) is 3. The number of H-pyrrole nitrogens is 1. The van der Waals surface area contributed by atoms with E-state index in [1.165, 1.54) is 6.33 Å². The summed E-state index contributed by atoms with van der Waals surface area (Å²) in [5.41, 5.74) is 13.5. The molecule has 5 N–H and O–H groups in total. The summed E-state index contributed by atoms with van der Waals surface area (Å²) in [4.78, 5) is 15.3. The molecule has 1 aromatic carbocycles. The molecule has 0 spiro atoms. The maximum atomic E-state index is 6.00. The topological polar surface area (TPSA) is 106 Å². The SMILES string of the molecule is Nc1c(Cl)cc(-c2nc3ncnc(N)c3[nH]2)cc1Cl. The van der Waals surface area contributed by atoms with Crippen molar-refractivity contribution < 1.29 is 0 Å². The molecule has 0 bridgehead atoms. The summed E-state index contributed by atoms with van der Waals surface area (Å²) in [5, 5.41) is 0.726. The summed E-state index contributed by atoms with van der Waals surface area (Å²) in [6, 6.07) is 3.34. The van der Waals surface area contributed by atoms with Crippen LogP contribution in [-0.2, 0) is 0 Å². The highest BCUT2D eigenvalue weighted by atomic mass is 35.5. The standard InChI is InChI=1S/C11H8Cl2N6/c12-5-1-4(2-6(13)7(5)14)10-18-8-9(15)16-3-17-11(8)19-10/h1-3H,14H2,(H3,15,16,17,18,19). The third kappa shape index (κ3) is 1.94. The van der Waals surface area contributed by atoms with Crippen molar-refractivity contribution in [2.75, 3.05) is 11.5 Å². The number of nitrogens with one attached hydrogen (secondary N) is 1. The lowest BCUT2D eigenvalue weighted by atomic mass is 10.2. The molecule has 0 saturated heterocycles. The number of anilines is 2. The summed E-state index contributed by atoms with van der Waals surface area (Å²) in [6.45, 7) is 0. The van der Waals surface area contributed by atoms with Gasteiger partial charge >= 0.3 is 0 Å². The fraction of sp³-hybridized carbons (Fsp3) is 0. The van der Waals surface area contributed by atoms with Crippen LogP contribution in [0.3, 0.4) is 0 Å². The van der Waals surface area contributed by atoms with Crippen molar-refractivity contribution in [3.05, 3.63) is 28.5 Å². The van der Waals surface area contributed by atoms with Crippen molar-refractivity contribution in [1.29, 1.82) is 0 Å². The molecule has 0 atom stereocenters. The Labute approximate surface area is 117 Å². The number of nitrogens with zero attached hydrogens (tertiary/aromatic N) is 3. The maximum absolute atomic E-state index is 6.00. The van der Waals surface area contributed by atoms with Gasteiger partial charge in [0.15, 0.2) is 11.5 Å². The first kappa shape index (κ1) is 12.0. The molecule has 0 saturated carbocycles. The van der Waals surface area contributed by atoms with E-state index < -0.39 is 0 Å². The van der Waals surface area contributed by atoms with E-state index in [4.69, 9.17) is 34.7 Å². The Kier molecular flexibility index (Phi) is 2.69. The highest BCUT2D eigenvalue weighted by molar-refractivity contribution is 6.39. The van der Waals surface area contributed by atoms with E-state index in [0.717, 1.165) is 0 Å². The minimum Gasteiger partial charge on any atom is -0.396 e. The Morgan fingerprint density at radius 3 is 2.37 bits per heavy atom. The number of aromatic nitrogens is 4. The summed E-state index contributed by atoms with van der Waals surface area (Å²) < 4.78 is 0. The van der Waals surface area contributed by atoms with Gasteiger partial charge in [-0.3, -0.25) is 0 Å². The van der Waals surface area contributed by atoms with E-state index in [1.807, 2.05) is 0 Å². The monoisotopic (exact) mass is 294 g/mol. The number of halogens is 2. The molecule has 0 unspecified atom stereocenters. The molecule has 96 valence electrons. The summed E-state index contributed by atoms with van der Waals surface area (Å²) >= 11 is 12.0. The molecule has 0 aliphatic carbocycles. The first-order valence-electron chi connectivity index (χ1n) is 5.27. The van der Waals surface area contributed by atoms with Crippen LogP contribution in [0.25, 0.3) is 22.6 Å². The zero-order valence-corrected chi connectivity index (χ0v) is 11.0. The fourth-order valence-electron chi connectivity index (χ4n) is 1.70. The van der Waals surface area contributed by atoms with Gasteiger partial charge in [0.2, 0.25) is 0 Å². The highest BCUT2D eigenvalue weighted by Gasteiger charge is 2.12. The minimum absolute atomic E-state index is 0.330. The Hall–Kier alpha value is -2.05. The van der Waals surface area contributed by atoms with Crippen molar-refractivity contribution in [1.82, 2.24) is 19.9 Å². The molecule has 8 heteroatoms. The van der Waals surface area contributed by atoms with Gasteiger partial charge in [0.05, 0.1) is 15.7 Å². The first-order chi connectivity index (χ1) is 9.06. The Morgan fingerprint density at radius 1 is 1.05 bits per heavy atom. The lowest BCUT2D eigenvalue weighted by Gasteiger charge is -2.03. The van der Waals surface area contributed by atoms with E-state index in [1.54, 1.807) is 12.1 Å². The first-order valence-corrected chi connectivity index (χ1v) is 6.03. The molecule has 6 nitrogen and oxygen atoms in total. The quantitative estimate of drug-likeness (QED) is 0.598. The number of hydrogen-bond acceptors (Lipinski definition) is 5. The van der Waals surface area contributed by atoms with Crippen molar-refractivity contribution in [3.8, 4) is 11.4 Å². The number of rotatable bonds is 1. The van der Waals surface area contributed by atoms with Crippen LogP contribution in [0, 0.1) is 0 Å². The number of nitrogens with two attached hydrogens (primary N) is 2. The van der Waals surface area contributed by atoms with Gasteiger partial charge in [-0.05, 0) is 12.1 Å². The Balaban J connectivity index is 2.22. The van der Waals surface area contributed by atoms with Gasteiger partial charge in [0.1, 0.15) is 17.7 Å². The van der Waals surface area contributed by atoms with Gasteiger partial charge in [0, 0.05) is 5.56 Å². The lowest BCUT2D eigenvalue weighted by molar-refractivity contribution is 1.21. The van der Waals surface area contributed by atoms with Crippen molar-refractivity contribution >= 4 is 45.9 Å². The molecule has 0 aliphatic heterocycles. The highest BCUT2D eigenvalue weighted by Crippen LogP contribution is 2.33.